The largest absolute Gasteiger partial charge is 0.481 e. The van der Waals surface area contributed by atoms with Gasteiger partial charge in [0.25, 0.3) is 0 Å². The van der Waals surface area contributed by atoms with E-state index < -0.39 is 22.0 Å². The minimum atomic E-state index is -4.22. The van der Waals surface area contributed by atoms with Gasteiger partial charge in [-0.2, -0.15) is 8.42 Å². The van der Waals surface area contributed by atoms with Crippen molar-refractivity contribution in [3.05, 3.63) is 82.2 Å². The van der Waals surface area contributed by atoms with Crippen molar-refractivity contribution >= 4 is 27.7 Å². The molecule has 0 radical (unpaired) electrons. The Bertz CT molecular complexity index is 1590. The molecule has 2 aliphatic carbocycles. The predicted molar refractivity (Wildman–Crippen MR) is 157 cm³/mol. The lowest BCUT2D eigenvalue weighted by molar-refractivity contribution is -0.137. The molecule has 5 rings (SSSR count). The summed E-state index contributed by atoms with van der Waals surface area (Å²) in [6.07, 6.45) is 1.38. The van der Waals surface area contributed by atoms with Gasteiger partial charge in [0.2, 0.25) is 0 Å². The molecule has 9 heteroatoms. The molecule has 0 saturated carbocycles. The maximum Gasteiger partial charge on any atom is 0.339 e. The molecule has 2 aromatic carbocycles. The Morgan fingerprint density at radius 3 is 1.93 bits per heavy atom. The first kappa shape index (κ1) is 29.8. The van der Waals surface area contributed by atoms with Crippen LogP contribution < -0.4 is 4.18 Å². The molecule has 0 bridgehead atoms. The highest BCUT2D eigenvalue weighted by atomic mass is 32.2. The van der Waals surface area contributed by atoms with Crippen molar-refractivity contribution in [2.24, 2.45) is 10.8 Å². The van der Waals surface area contributed by atoms with Crippen molar-refractivity contribution in [2.75, 3.05) is 6.54 Å². The quantitative estimate of drug-likeness (QED) is 0.394. The molecular formula is C33H37NO7S. The number of allylic oxidation sites excluding steroid dienone is 4. The SMILES string of the molecule is Cc1ccc(S(=O)(=O)Oc2ccccc2C2C3=C(CC(C)(C)CC3=O)N(CCC(=O)O)C3=C2C(=O)CC(C)(C)C3)cc1. The van der Waals surface area contributed by atoms with E-state index in [1.54, 1.807) is 36.4 Å². The lowest BCUT2D eigenvalue weighted by Crippen LogP contribution is -2.45. The third-order valence-electron chi connectivity index (χ3n) is 8.31. The molecule has 42 heavy (non-hydrogen) atoms. The van der Waals surface area contributed by atoms with Gasteiger partial charge < -0.3 is 14.2 Å². The first-order valence-electron chi connectivity index (χ1n) is 14.2. The number of aliphatic carboxylic acids is 1. The Hall–Kier alpha value is -3.72. The second-order valence-electron chi connectivity index (χ2n) is 13.2. The Morgan fingerprint density at radius 2 is 1.40 bits per heavy atom. The van der Waals surface area contributed by atoms with Crippen LogP contribution in [-0.2, 0) is 24.5 Å². The summed E-state index contributed by atoms with van der Waals surface area (Å²) in [5.74, 6) is -2.01. The van der Waals surface area contributed by atoms with Crippen molar-refractivity contribution < 1.29 is 32.1 Å². The Labute approximate surface area is 247 Å². The third-order valence-corrected chi connectivity index (χ3v) is 9.56. The number of carboxylic acids is 1. The molecule has 0 aromatic heterocycles. The zero-order valence-corrected chi connectivity index (χ0v) is 25.5. The van der Waals surface area contributed by atoms with Gasteiger partial charge in [-0.15, -0.1) is 0 Å². The van der Waals surface area contributed by atoms with Crippen molar-refractivity contribution in [3.63, 3.8) is 0 Å². The molecule has 0 atom stereocenters. The summed E-state index contributed by atoms with van der Waals surface area (Å²) in [4.78, 5) is 41.5. The van der Waals surface area contributed by atoms with Crippen LogP contribution in [0.4, 0.5) is 0 Å². The number of carboxylic acid groups (broad SMARTS) is 1. The van der Waals surface area contributed by atoms with Crippen molar-refractivity contribution in [3.8, 4) is 5.75 Å². The van der Waals surface area contributed by atoms with Gasteiger partial charge in [-0.1, -0.05) is 63.6 Å². The standard InChI is InChI=1S/C33H37NO7S/c1-20-10-12-21(13-11-20)42(39,40)41-27-9-7-6-8-22(27)29-30-23(16-32(2,3)18-25(30)35)34(15-14-28(37)38)24-17-33(4,5)19-26(36)31(24)29/h6-13,29H,14-19H2,1-5H3,(H,37,38). The lowest BCUT2D eigenvalue weighted by atomic mass is 9.63. The van der Waals surface area contributed by atoms with Crippen LogP contribution in [-0.4, -0.2) is 42.5 Å². The molecule has 0 fully saturated rings. The average Bonchev–Trinajstić information content (AvgIpc) is 2.86. The summed E-state index contributed by atoms with van der Waals surface area (Å²) in [6.45, 7) is 10.0. The fraction of sp³-hybridized carbons (Fsp3) is 0.424. The molecule has 0 amide bonds. The second-order valence-corrected chi connectivity index (χ2v) is 14.8. The number of hydrogen-bond acceptors (Lipinski definition) is 7. The van der Waals surface area contributed by atoms with Crippen LogP contribution in [0.25, 0.3) is 0 Å². The monoisotopic (exact) mass is 591 g/mol. The lowest BCUT2D eigenvalue weighted by Gasteiger charge is -2.49. The zero-order chi connectivity index (χ0) is 30.6. The maximum absolute atomic E-state index is 14.0. The van der Waals surface area contributed by atoms with Crippen LogP contribution in [0.2, 0.25) is 0 Å². The first-order valence-corrected chi connectivity index (χ1v) is 15.6. The van der Waals surface area contributed by atoms with Gasteiger partial charge in [0.1, 0.15) is 10.6 Å². The number of rotatable bonds is 7. The van der Waals surface area contributed by atoms with Gasteiger partial charge in [0.15, 0.2) is 11.6 Å². The van der Waals surface area contributed by atoms with Crippen LogP contribution >= 0.6 is 0 Å². The Morgan fingerprint density at radius 1 is 0.881 bits per heavy atom. The smallest absolute Gasteiger partial charge is 0.339 e. The van der Waals surface area contributed by atoms with Gasteiger partial charge in [-0.05, 0) is 48.8 Å². The van der Waals surface area contributed by atoms with Crippen LogP contribution in [0, 0.1) is 17.8 Å². The maximum atomic E-state index is 14.0. The number of carbonyl (C=O) groups excluding carboxylic acids is 2. The summed E-state index contributed by atoms with van der Waals surface area (Å²) in [6, 6.07) is 13.0. The summed E-state index contributed by atoms with van der Waals surface area (Å²) in [7, 11) is -4.22. The van der Waals surface area contributed by atoms with Crippen molar-refractivity contribution in [1.29, 1.82) is 0 Å². The highest BCUT2D eigenvalue weighted by Gasteiger charge is 2.49. The van der Waals surface area contributed by atoms with Gasteiger partial charge in [0, 0.05) is 53.4 Å². The van der Waals surface area contributed by atoms with E-state index in [1.165, 1.54) is 12.1 Å². The first-order chi connectivity index (χ1) is 19.6. The topological polar surface area (TPSA) is 118 Å². The number of aryl methyl sites for hydroxylation is 1. The molecule has 8 nitrogen and oxygen atoms in total. The van der Waals surface area contributed by atoms with E-state index in [2.05, 4.69) is 0 Å². The molecule has 0 spiro atoms. The number of para-hydroxylation sites is 1. The minimum Gasteiger partial charge on any atom is -0.481 e. The number of ketones is 2. The average molecular weight is 592 g/mol. The number of carbonyl (C=O) groups is 3. The van der Waals surface area contributed by atoms with E-state index >= 15 is 0 Å². The van der Waals surface area contributed by atoms with Gasteiger partial charge in [-0.25, -0.2) is 0 Å². The second kappa shape index (κ2) is 10.5. The number of nitrogens with zero attached hydrogens (tertiary/aromatic N) is 1. The number of hydrogen-bond donors (Lipinski definition) is 1. The molecule has 3 aliphatic rings. The van der Waals surface area contributed by atoms with Crippen molar-refractivity contribution in [1.82, 2.24) is 4.90 Å². The van der Waals surface area contributed by atoms with Crippen LogP contribution in [0.1, 0.15) is 76.8 Å². The fourth-order valence-corrected chi connectivity index (χ4v) is 7.46. The van der Waals surface area contributed by atoms with E-state index in [0.29, 0.717) is 40.9 Å². The molecule has 0 saturated heterocycles. The summed E-state index contributed by atoms with van der Waals surface area (Å²) < 4.78 is 32.5. The van der Waals surface area contributed by atoms with E-state index in [0.717, 1.165) is 5.56 Å². The number of benzene rings is 2. The van der Waals surface area contributed by atoms with Crippen LogP contribution in [0.3, 0.4) is 0 Å². The van der Waals surface area contributed by atoms with Crippen molar-refractivity contribution in [2.45, 2.75) is 77.5 Å². The molecule has 0 unspecified atom stereocenters. The summed E-state index contributed by atoms with van der Waals surface area (Å²) >= 11 is 0. The molecule has 1 heterocycles. The van der Waals surface area contributed by atoms with E-state index in [4.69, 9.17) is 4.18 Å². The van der Waals surface area contributed by atoms with Crippen LogP contribution in [0.15, 0.2) is 76.0 Å². The highest BCUT2D eigenvalue weighted by molar-refractivity contribution is 7.87. The number of Topliss-reactive ketones (excluding diaryl/α,β-unsaturated/α-hetero) is 2. The van der Waals surface area contributed by atoms with Crippen LogP contribution in [0.5, 0.6) is 5.75 Å². The predicted octanol–water partition coefficient (Wildman–Crippen LogP) is 5.92. The Kier molecular flexibility index (Phi) is 7.46. The Balaban J connectivity index is 1.72. The zero-order valence-electron chi connectivity index (χ0n) is 24.7. The summed E-state index contributed by atoms with van der Waals surface area (Å²) in [5.41, 5.74) is 2.85. The molecule has 1 aliphatic heterocycles. The normalized spacial score (nSPS) is 20.4. The van der Waals surface area contributed by atoms with E-state index in [9.17, 15) is 27.9 Å². The minimum absolute atomic E-state index is 0.00260. The van der Waals surface area contributed by atoms with Gasteiger partial charge >= 0.3 is 16.1 Å². The van der Waals surface area contributed by atoms with Gasteiger partial charge in [0.05, 0.1) is 6.42 Å². The van der Waals surface area contributed by atoms with E-state index in [1.807, 2.05) is 39.5 Å². The van der Waals surface area contributed by atoms with Gasteiger partial charge in [-0.3, -0.25) is 14.4 Å². The summed E-state index contributed by atoms with van der Waals surface area (Å²) in [5, 5.41) is 9.56. The molecule has 1 N–H and O–H groups in total. The third kappa shape index (κ3) is 5.67. The highest BCUT2D eigenvalue weighted by Crippen LogP contribution is 2.55. The fourth-order valence-electron chi connectivity index (χ4n) is 6.50. The molecule has 2 aromatic rings. The van der Waals surface area contributed by atoms with E-state index in [-0.39, 0.29) is 58.8 Å². The molecule has 222 valence electrons. The molecular weight excluding hydrogens is 554 g/mol.